The molecule has 6 heteroatoms. The van der Waals surface area contributed by atoms with Gasteiger partial charge >= 0.3 is 0 Å². The summed E-state index contributed by atoms with van der Waals surface area (Å²) in [5.74, 6) is 0.262. The van der Waals surface area contributed by atoms with E-state index < -0.39 is 0 Å². The van der Waals surface area contributed by atoms with Crippen molar-refractivity contribution in [3.05, 3.63) is 75.7 Å². The van der Waals surface area contributed by atoms with Crippen molar-refractivity contribution in [1.82, 2.24) is 0 Å². The van der Waals surface area contributed by atoms with E-state index in [0.29, 0.717) is 27.6 Å². The number of fused-ring (bicyclic) bond motifs is 1. The Morgan fingerprint density at radius 3 is 2.36 bits per heavy atom. The summed E-state index contributed by atoms with van der Waals surface area (Å²) < 4.78 is 5.27. The van der Waals surface area contributed by atoms with Gasteiger partial charge in [0.1, 0.15) is 10.8 Å². The Balaban J connectivity index is 1.61. The summed E-state index contributed by atoms with van der Waals surface area (Å²) in [5, 5.41) is 6.63. The first kappa shape index (κ1) is 23.1. The number of methoxy groups -OCH3 is 1. The molecule has 0 spiro atoms. The maximum absolute atomic E-state index is 13.3. The average Bonchev–Trinajstić information content (AvgIpc) is 3.16. The molecule has 5 nitrogen and oxygen atoms in total. The number of benzene rings is 2. The van der Waals surface area contributed by atoms with Crippen molar-refractivity contribution in [3.8, 4) is 5.75 Å². The standard InChI is InChI=1S/C27H30N2O3S/c1-27(2,3)18-14-12-17(13-15-18)24(30)29-26-23(21-10-5-6-11-22(21)33-26)25(31)28-19-8-7-9-20(16-19)32-4/h7-9,12-16H,5-6,10-11H2,1-4H3,(H,28,31)(H,29,30). The van der Waals surface area contributed by atoms with Crippen molar-refractivity contribution >= 4 is 33.8 Å². The van der Waals surface area contributed by atoms with E-state index in [4.69, 9.17) is 4.74 Å². The van der Waals surface area contributed by atoms with E-state index in [0.717, 1.165) is 31.2 Å². The molecule has 0 saturated heterocycles. The minimum atomic E-state index is -0.207. The SMILES string of the molecule is COc1cccc(NC(=O)c2c(NC(=O)c3ccc(C(C)(C)C)cc3)sc3c2CCCC3)c1. The molecule has 3 aromatic rings. The second-order valence-corrected chi connectivity index (χ2v) is 10.5. The van der Waals surface area contributed by atoms with Crippen molar-refractivity contribution in [2.75, 3.05) is 17.7 Å². The summed E-state index contributed by atoms with van der Waals surface area (Å²) in [6, 6.07) is 15.0. The molecule has 2 N–H and O–H groups in total. The van der Waals surface area contributed by atoms with Gasteiger partial charge in [0.05, 0.1) is 12.7 Å². The van der Waals surface area contributed by atoms with Crippen LogP contribution < -0.4 is 15.4 Å². The summed E-state index contributed by atoms with van der Waals surface area (Å²) in [7, 11) is 1.60. The number of carbonyl (C=O) groups excluding carboxylic acids is 2. The molecule has 0 unspecified atom stereocenters. The van der Waals surface area contributed by atoms with E-state index in [2.05, 4.69) is 31.4 Å². The molecule has 2 aromatic carbocycles. The highest BCUT2D eigenvalue weighted by atomic mass is 32.1. The lowest BCUT2D eigenvalue weighted by Gasteiger charge is -2.19. The third kappa shape index (κ3) is 5.11. The van der Waals surface area contributed by atoms with Crippen LogP contribution in [0.3, 0.4) is 0 Å². The monoisotopic (exact) mass is 462 g/mol. The van der Waals surface area contributed by atoms with Crippen LogP contribution in [0.15, 0.2) is 48.5 Å². The topological polar surface area (TPSA) is 67.4 Å². The molecule has 4 rings (SSSR count). The molecular formula is C27H30N2O3S. The first-order chi connectivity index (χ1) is 15.8. The number of hydrogen-bond donors (Lipinski definition) is 2. The molecule has 33 heavy (non-hydrogen) atoms. The molecule has 0 bridgehead atoms. The van der Waals surface area contributed by atoms with Crippen LogP contribution >= 0.6 is 11.3 Å². The fourth-order valence-electron chi connectivity index (χ4n) is 4.09. The summed E-state index contributed by atoms with van der Waals surface area (Å²) >= 11 is 1.52. The Hall–Kier alpha value is -3.12. The second kappa shape index (κ2) is 9.40. The van der Waals surface area contributed by atoms with Crippen LogP contribution in [-0.2, 0) is 18.3 Å². The maximum atomic E-state index is 13.3. The van der Waals surface area contributed by atoms with Gasteiger partial charge in [0.2, 0.25) is 0 Å². The van der Waals surface area contributed by atoms with E-state index >= 15 is 0 Å². The number of rotatable bonds is 5. The zero-order valence-corrected chi connectivity index (χ0v) is 20.4. The minimum absolute atomic E-state index is 0.0210. The van der Waals surface area contributed by atoms with Gasteiger partial charge in [-0.05, 0) is 66.5 Å². The second-order valence-electron chi connectivity index (χ2n) is 9.38. The number of aryl methyl sites for hydroxylation is 1. The fraction of sp³-hybridized carbons (Fsp3) is 0.333. The third-order valence-electron chi connectivity index (χ3n) is 5.97. The maximum Gasteiger partial charge on any atom is 0.258 e. The molecular weight excluding hydrogens is 432 g/mol. The van der Waals surface area contributed by atoms with Crippen LogP contribution in [0.5, 0.6) is 5.75 Å². The van der Waals surface area contributed by atoms with E-state index in [9.17, 15) is 9.59 Å². The van der Waals surface area contributed by atoms with Gasteiger partial charge in [0.25, 0.3) is 11.8 Å². The highest BCUT2D eigenvalue weighted by Crippen LogP contribution is 2.39. The first-order valence-electron chi connectivity index (χ1n) is 11.3. The van der Waals surface area contributed by atoms with Crippen molar-refractivity contribution < 1.29 is 14.3 Å². The molecule has 172 valence electrons. The van der Waals surface area contributed by atoms with Crippen LogP contribution in [0.2, 0.25) is 0 Å². The predicted octanol–water partition coefficient (Wildman–Crippen LogP) is 6.44. The molecule has 1 aliphatic rings. The van der Waals surface area contributed by atoms with Crippen molar-refractivity contribution in [3.63, 3.8) is 0 Å². The molecule has 0 atom stereocenters. The summed E-state index contributed by atoms with van der Waals surface area (Å²) in [5.41, 5.74) is 4.07. The van der Waals surface area contributed by atoms with Crippen LogP contribution in [-0.4, -0.2) is 18.9 Å². The van der Waals surface area contributed by atoms with Crippen LogP contribution in [0, 0.1) is 0 Å². The third-order valence-corrected chi connectivity index (χ3v) is 7.17. The van der Waals surface area contributed by atoms with Crippen LogP contribution in [0.4, 0.5) is 10.7 Å². The summed E-state index contributed by atoms with van der Waals surface area (Å²) in [6.07, 6.45) is 3.94. The van der Waals surface area contributed by atoms with Crippen LogP contribution in [0.1, 0.15) is 70.3 Å². The van der Waals surface area contributed by atoms with E-state index in [1.165, 1.54) is 21.8 Å². The highest BCUT2D eigenvalue weighted by Gasteiger charge is 2.27. The van der Waals surface area contributed by atoms with Crippen molar-refractivity contribution in [1.29, 1.82) is 0 Å². The van der Waals surface area contributed by atoms with E-state index in [1.807, 2.05) is 42.5 Å². The quantitative estimate of drug-likeness (QED) is 0.459. The van der Waals surface area contributed by atoms with Gasteiger partial charge in [0, 0.05) is 22.2 Å². The highest BCUT2D eigenvalue weighted by molar-refractivity contribution is 7.17. The molecule has 1 aliphatic carbocycles. The fourth-order valence-corrected chi connectivity index (χ4v) is 5.37. The molecule has 0 fully saturated rings. The zero-order valence-electron chi connectivity index (χ0n) is 19.6. The smallest absolute Gasteiger partial charge is 0.258 e. The Morgan fingerprint density at radius 2 is 1.67 bits per heavy atom. The Bertz CT molecular complexity index is 1170. The Morgan fingerprint density at radius 1 is 0.939 bits per heavy atom. The van der Waals surface area contributed by atoms with Gasteiger partial charge in [-0.25, -0.2) is 0 Å². The lowest BCUT2D eigenvalue weighted by molar-refractivity contribution is 0.102. The molecule has 0 aliphatic heterocycles. The van der Waals surface area contributed by atoms with Crippen LogP contribution in [0.25, 0.3) is 0 Å². The number of hydrogen-bond acceptors (Lipinski definition) is 4. The predicted molar refractivity (Wildman–Crippen MR) is 135 cm³/mol. The lowest BCUT2D eigenvalue weighted by Crippen LogP contribution is -2.19. The Labute approximate surface area is 199 Å². The molecule has 0 radical (unpaired) electrons. The first-order valence-corrected chi connectivity index (χ1v) is 12.1. The van der Waals surface area contributed by atoms with E-state index in [-0.39, 0.29) is 17.2 Å². The molecule has 0 saturated carbocycles. The minimum Gasteiger partial charge on any atom is -0.497 e. The van der Waals surface area contributed by atoms with Gasteiger partial charge in [0.15, 0.2) is 0 Å². The number of amides is 2. The van der Waals surface area contributed by atoms with Crippen molar-refractivity contribution in [2.24, 2.45) is 0 Å². The average molecular weight is 463 g/mol. The molecule has 1 aromatic heterocycles. The van der Waals surface area contributed by atoms with Gasteiger partial charge < -0.3 is 15.4 Å². The number of ether oxygens (including phenoxy) is 1. The summed E-state index contributed by atoms with van der Waals surface area (Å²) in [4.78, 5) is 27.6. The lowest BCUT2D eigenvalue weighted by atomic mass is 9.87. The molecule has 2 amide bonds. The normalized spacial score (nSPS) is 13.2. The largest absolute Gasteiger partial charge is 0.497 e. The Kier molecular flexibility index (Phi) is 6.56. The van der Waals surface area contributed by atoms with Crippen molar-refractivity contribution in [2.45, 2.75) is 51.9 Å². The van der Waals surface area contributed by atoms with Gasteiger partial charge in [-0.3, -0.25) is 9.59 Å². The zero-order chi connectivity index (χ0) is 23.6. The number of thiophene rings is 1. The number of nitrogens with one attached hydrogen (secondary N) is 2. The van der Waals surface area contributed by atoms with Gasteiger partial charge in [-0.1, -0.05) is 39.0 Å². The summed E-state index contributed by atoms with van der Waals surface area (Å²) in [6.45, 7) is 6.43. The number of carbonyl (C=O) groups is 2. The van der Waals surface area contributed by atoms with Gasteiger partial charge in [-0.2, -0.15) is 0 Å². The van der Waals surface area contributed by atoms with E-state index in [1.54, 1.807) is 13.2 Å². The number of anilines is 2. The van der Waals surface area contributed by atoms with Gasteiger partial charge in [-0.15, -0.1) is 11.3 Å². The molecule has 1 heterocycles.